The van der Waals surface area contributed by atoms with E-state index in [2.05, 4.69) is 17.2 Å². The molecule has 0 saturated heterocycles. The summed E-state index contributed by atoms with van der Waals surface area (Å²) in [6.07, 6.45) is 7.05. The highest BCUT2D eigenvalue weighted by molar-refractivity contribution is 6.09. The first-order chi connectivity index (χ1) is 10.2. The summed E-state index contributed by atoms with van der Waals surface area (Å²) in [7, 11) is 0. The fourth-order valence-electron chi connectivity index (χ4n) is 3.61. The molecule has 3 heteroatoms. The fraction of sp³-hybridized carbons (Fsp3) is 0.500. The summed E-state index contributed by atoms with van der Waals surface area (Å²) < 4.78 is 0. The van der Waals surface area contributed by atoms with Gasteiger partial charge in [-0.25, -0.2) is 0 Å². The number of nitrogens with one attached hydrogen (secondary N) is 1. The lowest BCUT2D eigenvalue weighted by molar-refractivity contribution is -0.713. The van der Waals surface area contributed by atoms with Gasteiger partial charge in [-0.2, -0.15) is 0 Å². The van der Waals surface area contributed by atoms with Gasteiger partial charge in [-0.1, -0.05) is 31.5 Å². The van der Waals surface area contributed by atoms with Gasteiger partial charge < -0.3 is 10.3 Å². The monoisotopic (exact) mass is 285 g/mol. The molecule has 0 spiro atoms. The molecule has 3 atom stereocenters. The van der Waals surface area contributed by atoms with Crippen molar-refractivity contribution in [3.8, 4) is 0 Å². The lowest BCUT2D eigenvalue weighted by atomic mass is 9.85. The molecule has 0 bridgehead atoms. The summed E-state index contributed by atoms with van der Waals surface area (Å²) in [5, 5.41) is 3.34. The van der Waals surface area contributed by atoms with Crippen molar-refractivity contribution in [3.05, 3.63) is 36.0 Å². The maximum absolute atomic E-state index is 12.7. The zero-order chi connectivity index (χ0) is 14.8. The topological polar surface area (TPSA) is 49.5 Å². The zero-order valence-corrected chi connectivity index (χ0v) is 12.9. The Labute approximate surface area is 126 Å². The summed E-state index contributed by atoms with van der Waals surface area (Å²) in [6.45, 7) is 4.37. The van der Waals surface area contributed by atoms with E-state index in [0.29, 0.717) is 6.04 Å². The van der Waals surface area contributed by atoms with Crippen LogP contribution in [0.4, 0.5) is 0 Å². The quantitative estimate of drug-likeness (QED) is 0.834. The van der Waals surface area contributed by atoms with E-state index in [1.807, 2.05) is 37.4 Å². The number of hydrogen-bond acceptors (Lipinski definition) is 1. The number of Topliss-reactive ketones (excluding diaryl/α,β-unsaturated/α-hetero) is 1. The van der Waals surface area contributed by atoms with Gasteiger partial charge >= 0.3 is 0 Å². The standard InChI is InChI=1S/C18H24N2O/c1-12-7-3-5-9-16(12)20-13(2)18(21)15-11-19-17-10-6-4-8-14(15)17/h4,6,8,10-13,16,19-20H,3,5,7,9H2,1-2H3/p+1/t12-,13+,16+/m1/s1. The van der Waals surface area contributed by atoms with Crippen molar-refractivity contribution in [2.75, 3.05) is 0 Å². The molecule has 1 aliphatic carbocycles. The summed E-state index contributed by atoms with van der Waals surface area (Å²) in [4.78, 5) is 16.0. The molecule has 1 fully saturated rings. The Morgan fingerprint density at radius 3 is 2.86 bits per heavy atom. The van der Waals surface area contributed by atoms with Gasteiger partial charge in [-0.15, -0.1) is 0 Å². The van der Waals surface area contributed by atoms with Crippen LogP contribution in [0, 0.1) is 5.92 Å². The Kier molecular flexibility index (Phi) is 4.11. The number of para-hydroxylation sites is 1. The van der Waals surface area contributed by atoms with Crippen LogP contribution in [-0.2, 0) is 0 Å². The number of carbonyl (C=O) groups excluding carboxylic acids is 1. The molecule has 112 valence electrons. The molecule has 1 heterocycles. The van der Waals surface area contributed by atoms with Gasteiger partial charge in [0, 0.05) is 28.6 Å². The van der Waals surface area contributed by atoms with Crippen LogP contribution in [-0.4, -0.2) is 22.9 Å². The molecule has 1 saturated carbocycles. The van der Waals surface area contributed by atoms with Crippen molar-refractivity contribution in [2.45, 2.75) is 51.6 Å². The number of fused-ring (bicyclic) bond motifs is 1. The Hall–Kier alpha value is -1.61. The number of H-pyrrole nitrogens is 1. The average molecular weight is 285 g/mol. The molecule has 21 heavy (non-hydrogen) atoms. The number of benzene rings is 1. The molecule has 0 amide bonds. The maximum Gasteiger partial charge on any atom is 0.221 e. The lowest BCUT2D eigenvalue weighted by Crippen LogP contribution is -2.97. The van der Waals surface area contributed by atoms with Crippen molar-refractivity contribution < 1.29 is 10.1 Å². The molecule has 3 N–H and O–H groups in total. The molecule has 3 rings (SSSR count). The number of hydrogen-bond donors (Lipinski definition) is 2. The van der Waals surface area contributed by atoms with Crippen LogP contribution in [0.5, 0.6) is 0 Å². The number of aromatic nitrogens is 1. The third-order valence-electron chi connectivity index (χ3n) is 4.98. The molecule has 0 aliphatic heterocycles. The van der Waals surface area contributed by atoms with Crippen molar-refractivity contribution in [3.63, 3.8) is 0 Å². The van der Waals surface area contributed by atoms with Crippen LogP contribution in [0.3, 0.4) is 0 Å². The smallest absolute Gasteiger partial charge is 0.221 e. The van der Waals surface area contributed by atoms with Crippen LogP contribution in [0.1, 0.15) is 49.9 Å². The second-order valence-corrected chi connectivity index (χ2v) is 6.52. The number of aromatic amines is 1. The second-order valence-electron chi connectivity index (χ2n) is 6.52. The molecule has 1 aromatic heterocycles. The molecule has 2 aromatic rings. The number of carbonyl (C=O) groups is 1. The van der Waals surface area contributed by atoms with Crippen LogP contribution >= 0.6 is 0 Å². The summed E-state index contributed by atoms with van der Waals surface area (Å²) in [5.41, 5.74) is 1.87. The van der Waals surface area contributed by atoms with Crippen LogP contribution in [0.15, 0.2) is 30.5 Å². The molecule has 1 aromatic carbocycles. The minimum absolute atomic E-state index is 0.00486. The largest absolute Gasteiger partial charge is 0.360 e. The molecule has 0 unspecified atom stereocenters. The molecule has 0 radical (unpaired) electrons. The highest BCUT2D eigenvalue weighted by Crippen LogP contribution is 2.22. The van der Waals surface area contributed by atoms with E-state index < -0.39 is 0 Å². The summed E-state index contributed by atoms with van der Waals surface area (Å²) in [5.74, 6) is 0.960. The van der Waals surface area contributed by atoms with Crippen molar-refractivity contribution in [1.29, 1.82) is 0 Å². The fourth-order valence-corrected chi connectivity index (χ4v) is 3.61. The first-order valence-corrected chi connectivity index (χ1v) is 8.12. The number of ketones is 1. The molecular weight excluding hydrogens is 260 g/mol. The van der Waals surface area contributed by atoms with E-state index in [0.717, 1.165) is 22.4 Å². The molecule has 3 nitrogen and oxygen atoms in total. The lowest BCUT2D eigenvalue weighted by Gasteiger charge is -2.28. The zero-order valence-electron chi connectivity index (χ0n) is 12.9. The van der Waals surface area contributed by atoms with Crippen molar-refractivity contribution in [2.24, 2.45) is 5.92 Å². The van der Waals surface area contributed by atoms with Gasteiger partial charge in [-0.3, -0.25) is 4.79 Å². The van der Waals surface area contributed by atoms with E-state index in [-0.39, 0.29) is 11.8 Å². The third-order valence-corrected chi connectivity index (χ3v) is 4.98. The Morgan fingerprint density at radius 1 is 1.29 bits per heavy atom. The predicted octanol–water partition coefficient (Wildman–Crippen LogP) is 2.88. The van der Waals surface area contributed by atoms with Crippen LogP contribution in [0.25, 0.3) is 10.9 Å². The van der Waals surface area contributed by atoms with Gasteiger partial charge in [-0.05, 0) is 32.3 Å². The molecular formula is C18H25N2O+. The minimum Gasteiger partial charge on any atom is -0.360 e. The van der Waals surface area contributed by atoms with Gasteiger partial charge in [0.1, 0.15) is 6.04 Å². The average Bonchev–Trinajstić information content (AvgIpc) is 2.92. The summed E-state index contributed by atoms with van der Waals surface area (Å²) in [6, 6.07) is 8.62. The van der Waals surface area contributed by atoms with Crippen molar-refractivity contribution >= 4 is 16.7 Å². The third kappa shape index (κ3) is 2.88. The van der Waals surface area contributed by atoms with Gasteiger partial charge in [0.25, 0.3) is 0 Å². The van der Waals surface area contributed by atoms with E-state index in [9.17, 15) is 4.79 Å². The maximum atomic E-state index is 12.7. The second kappa shape index (κ2) is 6.02. The van der Waals surface area contributed by atoms with E-state index in [4.69, 9.17) is 0 Å². The normalized spacial score (nSPS) is 24.1. The van der Waals surface area contributed by atoms with E-state index >= 15 is 0 Å². The van der Waals surface area contributed by atoms with Crippen LogP contribution in [0.2, 0.25) is 0 Å². The number of quaternary nitrogens is 1. The minimum atomic E-state index is -0.00486. The SMILES string of the molecule is C[C@H]([NH2+][C@H]1CCCC[C@H]1C)C(=O)c1c[nH]c2ccccc12. The van der Waals surface area contributed by atoms with Crippen molar-refractivity contribution in [1.82, 2.24) is 4.98 Å². The van der Waals surface area contributed by atoms with Crippen LogP contribution < -0.4 is 5.32 Å². The Morgan fingerprint density at radius 2 is 2.05 bits per heavy atom. The predicted molar refractivity (Wildman–Crippen MR) is 85.4 cm³/mol. The Balaban J connectivity index is 1.75. The summed E-state index contributed by atoms with van der Waals surface area (Å²) >= 11 is 0. The van der Waals surface area contributed by atoms with Gasteiger partial charge in [0.2, 0.25) is 5.78 Å². The van der Waals surface area contributed by atoms with E-state index in [1.54, 1.807) is 0 Å². The first-order valence-electron chi connectivity index (χ1n) is 8.12. The highest BCUT2D eigenvalue weighted by atomic mass is 16.1. The highest BCUT2D eigenvalue weighted by Gasteiger charge is 2.29. The Bertz CT molecular complexity index is 631. The van der Waals surface area contributed by atoms with E-state index in [1.165, 1.54) is 25.7 Å². The first kappa shape index (κ1) is 14.3. The van der Waals surface area contributed by atoms with Gasteiger partial charge in [0.15, 0.2) is 0 Å². The molecule has 1 aliphatic rings. The number of rotatable bonds is 4. The number of nitrogens with two attached hydrogens (primary N) is 1. The van der Waals surface area contributed by atoms with Gasteiger partial charge in [0.05, 0.1) is 6.04 Å².